The second-order valence-corrected chi connectivity index (χ2v) is 7.04. The molecule has 0 bridgehead atoms. The van der Waals surface area contributed by atoms with Gasteiger partial charge in [0, 0.05) is 0 Å². The molecular formula is C13H28O2. The molecule has 0 heterocycles. The Labute approximate surface area is 95.0 Å². The smallest absolute Gasteiger partial charge is 0.106 e. The van der Waals surface area contributed by atoms with E-state index in [2.05, 4.69) is 48.5 Å². The molecule has 0 saturated carbocycles. The molecule has 0 aromatic carbocycles. The van der Waals surface area contributed by atoms with E-state index in [0.717, 1.165) is 6.42 Å². The molecule has 0 aliphatic heterocycles. The third kappa shape index (κ3) is 3.76. The normalized spacial score (nSPS) is 19.8. The average molecular weight is 216 g/mol. The molecule has 1 N–H and O–H groups in total. The van der Waals surface area contributed by atoms with E-state index >= 15 is 0 Å². The van der Waals surface area contributed by atoms with Crippen LogP contribution >= 0.6 is 0 Å². The minimum absolute atomic E-state index is 0.0682. The van der Waals surface area contributed by atoms with Gasteiger partial charge in [0.15, 0.2) is 0 Å². The molecule has 2 nitrogen and oxygen atoms in total. The standard InChI is InChI=1S/C13H28O2/c1-10(11(2,3)4)9-13(8,15-14)12(5,6)7/h10,14H,9H2,1-8H3. The van der Waals surface area contributed by atoms with Crippen molar-refractivity contribution in [3.63, 3.8) is 0 Å². The van der Waals surface area contributed by atoms with Crippen molar-refractivity contribution in [3.8, 4) is 0 Å². The third-order valence-electron chi connectivity index (χ3n) is 3.96. The molecule has 15 heavy (non-hydrogen) atoms. The lowest BCUT2D eigenvalue weighted by atomic mass is 9.68. The van der Waals surface area contributed by atoms with Gasteiger partial charge in [-0.2, -0.15) is 0 Å². The lowest BCUT2D eigenvalue weighted by Gasteiger charge is -2.43. The highest BCUT2D eigenvalue weighted by Crippen LogP contribution is 2.42. The van der Waals surface area contributed by atoms with Crippen molar-refractivity contribution in [1.29, 1.82) is 0 Å². The first-order chi connectivity index (χ1) is 6.44. The van der Waals surface area contributed by atoms with Crippen LogP contribution in [0.1, 0.15) is 61.8 Å². The quantitative estimate of drug-likeness (QED) is 0.561. The summed E-state index contributed by atoms with van der Waals surface area (Å²) < 4.78 is 0. The fourth-order valence-corrected chi connectivity index (χ4v) is 1.37. The number of hydrogen-bond donors (Lipinski definition) is 1. The van der Waals surface area contributed by atoms with Crippen LogP contribution < -0.4 is 0 Å². The maximum atomic E-state index is 9.14. The first kappa shape index (κ1) is 14.9. The van der Waals surface area contributed by atoms with Crippen molar-refractivity contribution in [2.24, 2.45) is 16.7 Å². The monoisotopic (exact) mass is 216 g/mol. The first-order valence-corrected chi connectivity index (χ1v) is 5.76. The van der Waals surface area contributed by atoms with Crippen molar-refractivity contribution >= 4 is 0 Å². The first-order valence-electron chi connectivity index (χ1n) is 5.76. The van der Waals surface area contributed by atoms with Crippen LogP contribution in [0, 0.1) is 16.7 Å². The summed E-state index contributed by atoms with van der Waals surface area (Å²) in [6, 6.07) is 0. The molecule has 2 unspecified atom stereocenters. The van der Waals surface area contributed by atoms with Gasteiger partial charge >= 0.3 is 0 Å². The van der Waals surface area contributed by atoms with Crippen LogP contribution in [-0.2, 0) is 4.89 Å². The Bertz CT molecular complexity index is 198. The topological polar surface area (TPSA) is 29.5 Å². The SMILES string of the molecule is CC(CC(C)(OO)C(C)(C)C)C(C)(C)C. The van der Waals surface area contributed by atoms with Crippen molar-refractivity contribution in [3.05, 3.63) is 0 Å². The van der Waals surface area contributed by atoms with Crippen molar-refractivity contribution < 1.29 is 10.1 Å². The minimum Gasteiger partial charge on any atom is -0.251 e. The fraction of sp³-hybridized carbons (Fsp3) is 1.00. The molecule has 2 heteroatoms. The van der Waals surface area contributed by atoms with Gasteiger partial charge in [-0.3, -0.25) is 5.26 Å². The zero-order chi connectivity index (χ0) is 12.5. The summed E-state index contributed by atoms with van der Waals surface area (Å²) in [4.78, 5) is 4.77. The van der Waals surface area contributed by atoms with Crippen molar-refractivity contribution in [1.82, 2.24) is 0 Å². The van der Waals surface area contributed by atoms with Crippen molar-refractivity contribution in [2.45, 2.75) is 67.4 Å². The predicted molar refractivity (Wildman–Crippen MR) is 64.8 cm³/mol. The van der Waals surface area contributed by atoms with Gasteiger partial charge in [-0.05, 0) is 30.1 Å². The van der Waals surface area contributed by atoms with Crippen LogP contribution in [0.25, 0.3) is 0 Å². The summed E-state index contributed by atoms with van der Waals surface area (Å²) in [5.41, 5.74) is -0.313. The van der Waals surface area contributed by atoms with Crippen LogP contribution in [0.15, 0.2) is 0 Å². The largest absolute Gasteiger partial charge is 0.251 e. The lowest BCUT2D eigenvalue weighted by molar-refractivity contribution is -0.348. The molecular weight excluding hydrogens is 188 g/mol. The zero-order valence-corrected chi connectivity index (χ0v) is 11.6. The van der Waals surface area contributed by atoms with Crippen LogP contribution in [0.2, 0.25) is 0 Å². The molecule has 0 amide bonds. The molecule has 0 aliphatic carbocycles. The van der Waals surface area contributed by atoms with E-state index in [-0.39, 0.29) is 10.8 Å². The highest BCUT2D eigenvalue weighted by molar-refractivity contribution is 4.90. The van der Waals surface area contributed by atoms with Crippen molar-refractivity contribution in [2.75, 3.05) is 0 Å². The summed E-state index contributed by atoms with van der Waals surface area (Å²) in [6.07, 6.45) is 0.858. The maximum Gasteiger partial charge on any atom is 0.106 e. The van der Waals surface area contributed by atoms with Crippen LogP contribution in [-0.4, -0.2) is 10.9 Å². The molecule has 0 radical (unpaired) electrons. The van der Waals surface area contributed by atoms with E-state index in [0.29, 0.717) is 5.92 Å². The molecule has 92 valence electrons. The van der Waals surface area contributed by atoms with Gasteiger partial charge in [-0.1, -0.05) is 48.5 Å². The van der Waals surface area contributed by atoms with Gasteiger partial charge in [0.05, 0.1) is 0 Å². The van der Waals surface area contributed by atoms with E-state index in [4.69, 9.17) is 10.1 Å². The van der Waals surface area contributed by atoms with E-state index in [9.17, 15) is 0 Å². The third-order valence-corrected chi connectivity index (χ3v) is 3.96. The number of rotatable bonds is 3. The van der Waals surface area contributed by atoms with Gasteiger partial charge in [0.25, 0.3) is 0 Å². The molecule has 2 atom stereocenters. The van der Waals surface area contributed by atoms with Gasteiger partial charge in [0.2, 0.25) is 0 Å². The summed E-state index contributed by atoms with van der Waals surface area (Å²) in [5, 5.41) is 9.14. The van der Waals surface area contributed by atoms with E-state index in [1.54, 1.807) is 0 Å². The second kappa shape index (κ2) is 4.42. The number of hydrogen-bond acceptors (Lipinski definition) is 2. The van der Waals surface area contributed by atoms with E-state index < -0.39 is 5.60 Å². The Hall–Kier alpha value is -0.0800. The Morgan fingerprint density at radius 2 is 1.40 bits per heavy atom. The Morgan fingerprint density at radius 3 is 1.60 bits per heavy atom. The molecule has 0 aliphatic rings. The molecule has 0 saturated heterocycles. The molecule has 0 aromatic heterocycles. The molecule has 0 rings (SSSR count). The van der Waals surface area contributed by atoms with Crippen LogP contribution in [0.3, 0.4) is 0 Å². The molecule has 0 fully saturated rings. The highest BCUT2D eigenvalue weighted by Gasteiger charge is 2.42. The highest BCUT2D eigenvalue weighted by atomic mass is 17.1. The lowest BCUT2D eigenvalue weighted by Crippen LogP contribution is -2.44. The summed E-state index contributed by atoms with van der Waals surface area (Å²) >= 11 is 0. The van der Waals surface area contributed by atoms with E-state index in [1.165, 1.54) is 0 Å². The predicted octanol–water partition coefficient (Wildman–Crippen LogP) is 4.35. The Morgan fingerprint density at radius 1 is 1.00 bits per heavy atom. The van der Waals surface area contributed by atoms with Gasteiger partial charge in [0.1, 0.15) is 5.60 Å². The van der Waals surface area contributed by atoms with Gasteiger partial charge < -0.3 is 0 Å². The summed E-state index contributed by atoms with van der Waals surface area (Å²) in [7, 11) is 0. The fourth-order valence-electron chi connectivity index (χ4n) is 1.37. The summed E-state index contributed by atoms with van der Waals surface area (Å²) in [5.74, 6) is 0.494. The molecule has 0 spiro atoms. The van der Waals surface area contributed by atoms with Crippen LogP contribution in [0.5, 0.6) is 0 Å². The average Bonchev–Trinajstić information content (AvgIpc) is 2.00. The zero-order valence-electron chi connectivity index (χ0n) is 11.6. The Balaban J connectivity index is 4.74. The van der Waals surface area contributed by atoms with Crippen LogP contribution in [0.4, 0.5) is 0 Å². The van der Waals surface area contributed by atoms with E-state index in [1.807, 2.05) is 6.92 Å². The Kier molecular flexibility index (Phi) is 4.40. The molecule has 0 aromatic rings. The minimum atomic E-state index is -0.486. The maximum absolute atomic E-state index is 9.14. The summed E-state index contributed by atoms with van der Waals surface area (Å²) in [6.45, 7) is 17.1. The van der Waals surface area contributed by atoms with Gasteiger partial charge in [-0.25, -0.2) is 4.89 Å². The second-order valence-electron chi connectivity index (χ2n) is 7.04. The van der Waals surface area contributed by atoms with Gasteiger partial charge in [-0.15, -0.1) is 0 Å².